The van der Waals surface area contributed by atoms with Crippen molar-refractivity contribution in [2.75, 3.05) is 23.3 Å². The Kier molecular flexibility index (Phi) is 4.50. The van der Waals surface area contributed by atoms with Crippen LogP contribution in [0.4, 0.5) is 29.2 Å². The lowest BCUT2D eigenvalue weighted by Crippen LogP contribution is -2.42. The van der Waals surface area contributed by atoms with Crippen molar-refractivity contribution < 1.29 is 17.6 Å². The number of hydrogen-bond donors (Lipinski definition) is 1. The molecule has 128 valence electrons. The number of alkyl halides is 3. The van der Waals surface area contributed by atoms with E-state index in [0.29, 0.717) is 12.4 Å². The van der Waals surface area contributed by atoms with Gasteiger partial charge in [0.15, 0.2) is 0 Å². The molecule has 1 aliphatic heterocycles. The van der Waals surface area contributed by atoms with Crippen LogP contribution in [0.2, 0.25) is 0 Å². The number of hydrogen-bond acceptors (Lipinski definition) is 5. The third-order valence-electron chi connectivity index (χ3n) is 3.77. The van der Waals surface area contributed by atoms with Gasteiger partial charge in [-0.15, -0.1) is 0 Å². The minimum atomic E-state index is -4.50. The maximum absolute atomic E-state index is 13.0. The van der Waals surface area contributed by atoms with Gasteiger partial charge in [0.25, 0.3) is 0 Å². The summed E-state index contributed by atoms with van der Waals surface area (Å²) in [6.07, 6.45) is -0.827. The molecule has 0 saturated carbocycles. The topological polar surface area (TPSA) is 53.9 Å². The van der Waals surface area contributed by atoms with E-state index in [2.05, 4.69) is 20.3 Å². The van der Waals surface area contributed by atoms with Crippen LogP contribution in [-0.2, 0) is 6.18 Å². The molecule has 3 heterocycles. The zero-order valence-electron chi connectivity index (χ0n) is 12.6. The Morgan fingerprint density at radius 3 is 2.71 bits per heavy atom. The molecule has 0 aromatic carbocycles. The Balaban J connectivity index is 1.68. The van der Waals surface area contributed by atoms with Gasteiger partial charge in [0.05, 0.1) is 6.20 Å². The number of nitrogens with one attached hydrogen (secondary N) is 1. The lowest BCUT2D eigenvalue weighted by Gasteiger charge is -2.34. The van der Waals surface area contributed by atoms with Crippen LogP contribution < -0.4 is 10.2 Å². The van der Waals surface area contributed by atoms with Crippen molar-refractivity contribution in [1.29, 1.82) is 0 Å². The molecule has 2 aromatic heterocycles. The fraction of sp³-hybridized carbons (Fsp3) is 0.400. The number of halogens is 4. The van der Waals surface area contributed by atoms with Crippen LogP contribution in [-0.4, -0.2) is 34.1 Å². The molecule has 1 saturated heterocycles. The van der Waals surface area contributed by atoms with Crippen LogP contribution in [0.15, 0.2) is 30.7 Å². The Morgan fingerprint density at radius 2 is 2.00 bits per heavy atom. The van der Waals surface area contributed by atoms with Crippen molar-refractivity contribution in [2.24, 2.45) is 0 Å². The van der Waals surface area contributed by atoms with E-state index in [-0.39, 0.29) is 11.9 Å². The molecule has 1 aliphatic rings. The molecule has 1 unspecified atom stereocenters. The lowest BCUT2D eigenvalue weighted by molar-refractivity contribution is -0.141. The Labute approximate surface area is 135 Å². The molecular weight excluding hydrogens is 326 g/mol. The maximum Gasteiger partial charge on any atom is 0.433 e. The minimum absolute atomic E-state index is 0.0819. The number of piperidine rings is 1. The highest BCUT2D eigenvalue weighted by atomic mass is 19.4. The highest BCUT2D eigenvalue weighted by Gasteiger charge is 2.33. The van der Waals surface area contributed by atoms with Gasteiger partial charge in [-0.3, -0.25) is 0 Å². The van der Waals surface area contributed by atoms with Gasteiger partial charge < -0.3 is 10.2 Å². The van der Waals surface area contributed by atoms with Crippen molar-refractivity contribution in [2.45, 2.75) is 25.1 Å². The number of rotatable bonds is 3. The number of aromatic nitrogens is 3. The standard InChI is InChI=1S/C15H15F4N5/c16-10-3-4-14(20-7-10)24-5-1-2-11(8-24)23-13-6-12(15(17,18)19)21-9-22-13/h3-4,6-7,9,11H,1-2,5,8H2,(H,21,22,23). The first-order valence-corrected chi connectivity index (χ1v) is 7.44. The molecule has 0 bridgehead atoms. The third kappa shape index (κ3) is 3.90. The van der Waals surface area contributed by atoms with E-state index < -0.39 is 17.7 Å². The molecule has 1 atom stereocenters. The van der Waals surface area contributed by atoms with Gasteiger partial charge in [-0.2, -0.15) is 13.2 Å². The zero-order chi connectivity index (χ0) is 17.2. The summed E-state index contributed by atoms with van der Waals surface area (Å²) in [4.78, 5) is 13.1. The average molecular weight is 341 g/mol. The lowest BCUT2D eigenvalue weighted by atomic mass is 10.1. The van der Waals surface area contributed by atoms with Gasteiger partial charge in [-0.1, -0.05) is 0 Å². The Hall–Kier alpha value is -2.45. The summed E-state index contributed by atoms with van der Waals surface area (Å²) < 4.78 is 51.0. The second-order valence-corrected chi connectivity index (χ2v) is 5.55. The second-order valence-electron chi connectivity index (χ2n) is 5.55. The SMILES string of the molecule is Fc1ccc(N2CCCC(Nc3cc(C(F)(F)F)ncn3)C2)nc1. The molecule has 0 amide bonds. The monoisotopic (exact) mass is 341 g/mol. The maximum atomic E-state index is 13.0. The molecular formula is C15H15F4N5. The van der Waals surface area contributed by atoms with E-state index in [1.807, 2.05) is 4.90 Å². The van der Waals surface area contributed by atoms with Gasteiger partial charge in [0.1, 0.15) is 29.5 Å². The summed E-state index contributed by atoms with van der Waals surface area (Å²) in [6.45, 7) is 1.30. The van der Waals surface area contributed by atoms with Crippen LogP contribution in [0.5, 0.6) is 0 Å². The largest absolute Gasteiger partial charge is 0.433 e. The highest BCUT2D eigenvalue weighted by molar-refractivity contribution is 5.42. The minimum Gasteiger partial charge on any atom is -0.365 e. The molecule has 2 aromatic rings. The summed E-state index contributed by atoms with van der Waals surface area (Å²) in [7, 11) is 0. The zero-order valence-corrected chi connectivity index (χ0v) is 12.6. The first-order chi connectivity index (χ1) is 11.4. The van der Waals surface area contributed by atoms with Crippen LogP contribution in [0.3, 0.4) is 0 Å². The second kappa shape index (κ2) is 6.58. The summed E-state index contributed by atoms with van der Waals surface area (Å²) in [5, 5.41) is 3.01. The Morgan fingerprint density at radius 1 is 1.17 bits per heavy atom. The summed E-state index contributed by atoms with van der Waals surface area (Å²) >= 11 is 0. The fourth-order valence-corrected chi connectivity index (χ4v) is 2.66. The van der Waals surface area contributed by atoms with E-state index in [1.54, 1.807) is 6.07 Å². The van der Waals surface area contributed by atoms with Gasteiger partial charge in [-0.25, -0.2) is 19.3 Å². The molecule has 0 spiro atoms. The molecule has 1 N–H and O–H groups in total. The van der Waals surface area contributed by atoms with Gasteiger partial charge in [0, 0.05) is 25.2 Å². The first kappa shape index (κ1) is 16.4. The van der Waals surface area contributed by atoms with Crippen molar-refractivity contribution in [1.82, 2.24) is 15.0 Å². The molecule has 3 rings (SSSR count). The quantitative estimate of drug-likeness (QED) is 0.870. The predicted octanol–water partition coefficient (Wildman–Crippen LogP) is 3.11. The average Bonchev–Trinajstić information content (AvgIpc) is 2.55. The van der Waals surface area contributed by atoms with Crippen molar-refractivity contribution in [3.63, 3.8) is 0 Å². The van der Waals surface area contributed by atoms with E-state index >= 15 is 0 Å². The number of nitrogens with zero attached hydrogens (tertiary/aromatic N) is 4. The predicted molar refractivity (Wildman–Crippen MR) is 80.1 cm³/mol. The normalized spacial score (nSPS) is 18.5. The van der Waals surface area contributed by atoms with E-state index in [1.165, 1.54) is 6.07 Å². The van der Waals surface area contributed by atoms with Gasteiger partial charge >= 0.3 is 6.18 Å². The third-order valence-corrected chi connectivity index (χ3v) is 3.77. The van der Waals surface area contributed by atoms with Crippen LogP contribution >= 0.6 is 0 Å². The molecule has 0 aliphatic carbocycles. The highest BCUT2D eigenvalue weighted by Crippen LogP contribution is 2.28. The molecule has 0 radical (unpaired) electrons. The number of anilines is 2. The fourth-order valence-electron chi connectivity index (χ4n) is 2.66. The van der Waals surface area contributed by atoms with Crippen molar-refractivity contribution in [3.05, 3.63) is 42.2 Å². The van der Waals surface area contributed by atoms with E-state index in [9.17, 15) is 17.6 Å². The van der Waals surface area contributed by atoms with Crippen LogP contribution in [0.25, 0.3) is 0 Å². The summed E-state index contributed by atoms with van der Waals surface area (Å²) in [6, 6.07) is 3.74. The first-order valence-electron chi connectivity index (χ1n) is 7.44. The van der Waals surface area contributed by atoms with E-state index in [0.717, 1.165) is 38.0 Å². The van der Waals surface area contributed by atoms with Crippen molar-refractivity contribution >= 4 is 11.6 Å². The van der Waals surface area contributed by atoms with Crippen LogP contribution in [0, 0.1) is 5.82 Å². The van der Waals surface area contributed by atoms with Gasteiger partial charge in [0.2, 0.25) is 0 Å². The Bertz CT molecular complexity index is 689. The summed E-state index contributed by atoms with van der Waals surface area (Å²) in [5.41, 5.74) is -0.979. The van der Waals surface area contributed by atoms with Crippen LogP contribution in [0.1, 0.15) is 18.5 Å². The molecule has 5 nitrogen and oxygen atoms in total. The molecule has 24 heavy (non-hydrogen) atoms. The number of pyridine rings is 1. The van der Waals surface area contributed by atoms with Gasteiger partial charge in [-0.05, 0) is 25.0 Å². The smallest absolute Gasteiger partial charge is 0.365 e. The molecule has 9 heteroatoms. The summed E-state index contributed by atoms with van der Waals surface area (Å²) in [5.74, 6) is 0.365. The van der Waals surface area contributed by atoms with Crippen molar-refractivity contribution in [3.8, 4) is 0 Å². The van der Waals surface area contributed by atoms with E-state index in [4.69, 9.17) is 0 Å². The molecule has 1 fully saturated rings.